The molecule has 0 amide bonds. The summed E-state index contributed by atoms with van der Waals surface area (Å²) in [6.07, 6.45) is 41.3. The molecule has 0 unspecified atom stereocenters. The monoisotopic (exact) mass is 502 g/mol. The predicted octanol–water partition coefficient (Wildman–Crippen LogP) is 11.2. The van der Waals surface area contributed by atoms with E-state index in [9.17, 15) is 4.79 Å². The smallest absolute Gasteiger partial charge is 0.434 e. The largest absolute Gasteiger partial charge is 0.508 e. The van der Waals surface area contributed by atoms with Crippen molar-refractivity contribution in [1.82, 2.24) is 0 Å². The molecule has 0 aliphatic carbocycles. The first kappa shape index (κ1) is 34.2. The highest BCUT2D eigenvalue weighted by atomic mass is 16.7. The molecular weight excluding hydrogens is 444 g/mol. The lowest BCUT2D eigenvalue weighted by molar-refractivity contribution is 0.0529. The summed E-state index contributed by atoms with van der Waals surface area (Å²) in [7, 11) is 0. The van der Waals surface area contributed by atoms with Crippen molar-refractivity contribution < 1.29 is 14.3 Å². The van der Waals surface area contributed by atoms with Gasteiger partial charge in [0.25, 0.3) is 0 Å². The first-order chi connectivity index (χ1) is 17.8. The van der Waals surface area contributed by atoms with Gasteiger partial charge >= 0.3 is 6.16 Å². The normalized spacial score (nSPS) is 12.1. The van der Waals surface area contributed by atoms with Crippen LogP contribution in [0.3, 0.4) is 0 Å². The number of hydrogen-bond donors (Lipinski definition) is 0. The molecule has 208 valence electrons. The Bertz CT molecular complexity index is 559. The SMILES string of the molecule is CCC=CCC=CCC=CCCCCCCCCOC(=O)OCCCCCCCCC=CCCCC. The highest BCUT2D eigenvalue weighted by Crippen LogP contribution is 2.10. The fourth-order valence-electron chi connectivity index (χ4n) is 3.88. The molecule has 0 N–H and O–H groups in total. The lowest BCUT2D eigenvalue weighted by Crippen LogP contribution is -2.09. The molecule has 0 aromatic carbocycles. The summed E-state index contributed by atoms with van der Waals surface area (Å²) in [5.74, 6) is 0. The Morgan fingerprint density at radius 2 is 0.861 bits per heavy atom. The second kappa shape index (κ2) is 31.3. The van der Waals surface area contributed by atoms with Gasteiger partial charge in [-0.15, -0.1) is 0 Å². The van der Waals surface area contributed by atoms with Gasteiger partial charge < -0.3 is 9.47 Å². The first-order valence-electron chi connectivity index (χ1n) is 15.2. The van der Waals surface area contributed by atoms with Gasteiger partial charge in [-0.25, -0.2) is 4.79 Å². The van der Waals surface area contributed by atoms with Gasteiger partial charge in [0.15, 0.2) is 0 Å². The quantitative estimate of drug-likeness (QED) is 0.0670. The van der Waals surface area contributed by atoms with Gasteiger partial charge in [-0.1, -0.05) is 127 Å². The lowest BCUT2D eigenvalue weighted by Gasteiger charge is -2.06. The minimum Gasteiger partial charge on any atom is -0.434 e. The zero-order chi connectivity index (χ0) is 26.2. The van der Waals surface area contributed by atoms with E-state index in [1.807, 2.05) is 0 Å². The maximum Gasteiger partial charge on any atom is 0.508 e. The summed E-state index contributed by atoms with van der Waals surface area (Å²) in [6, 6.07) is 0. The van der Waals surface area contributed by atoms with Crippen molar-refractivity contribution >= 4 is 6.16 Å². The number of rotatable bonds is 26. The van der Waals surface area contributed by atoms with Crippen LogP contribution in [0, 0.1) is 0 Å². The van der Waals surface area contributed by atoms with Crippen LogP contribution in [0.4, 0.5) is 4.79 Å². The molecule has 0 radical (unpaired) electrons. The zero-order valence-corrected chi connectivity index (χ0v) is 23.9. The molecule has 0 aromatic rings. The van der Waals surface area contributed by atoms with Crippen LogP contribution < -0.4 is 0 Å². The molecule has 36 heavy (non-hydrogen) atoms. The molecule has 0 rings (SSSR count). The van der Waals surface area contributed by atoms with Crippen LogP contribution in [0.5, 0.6) is 0 Å². The minimum atomic E-state index is -0.496. The number of carbonyl (C=O) groups excluding carboxylic acids is 1. The Balaban J connectivity index is 3.27. The highest BCUT2D eigenvalue weighted by molar-refractivity contribution is 5.59. The van der Waals surface area contributed by atoms with Crippen LogP contribution in [0.25, 0.3) is 0 Å². The summed E-state index contributed by atoms with van der Waals surface area (Å²) < 4.78 is 10.4. The van der Waals surface area contributed by atoms with E-state index in [0.29, 0.717) is 13.2 Å². The number of hydrogen-bond acceptors (Lipinski definition) is 3. The van der Waals surface area contributed by atoms with Crippen molar-refractivity contribution in [2.75, 3.05) is 13.2 Å². The van der Waals surface area contributed by atoms with E-state index < -0.39 is 6.16 Å². The molecule has 0 saturated heterocycles. The molecule has 0 heterocycles. The average Bonchev–Trinajstić information content (AvgIpc) is 2.88. The maximum atomic E-state index is 11.6. The molecule has 3 nitrogen and oxygen atoms in total. The van der Waals surface area contributed by atoms with Gasteiger partial charge in [0.1, 0.15) is 0 Å². The van der Waals surface area contributed by atoms with Gasteiger partial charge in [0, 0.05) is 0 Å². The van der Waals surface area contributed by atoms with Crippen molar-refractivity contribution in [2.24, 2.45) is 0 Å². The summed E-state index contributed by atoms with van der Waals surface area (Å²) in [4.78, 5) is 11.6. The third kappa shape index (κ3) is 30.3. The Morgan fingerprint density at radius 1 is 0.472 bits per heavy atom. The van der Waals surface area contributed by atoms with Crippen molar-refractivity contribution in [3.8, 4) is 0 Å². The predicted molar refractivity (Wildman–Crippen MR) is 158 cm³/mol. The molecule has 0 spiro atoms. The second-order valence-electron chi connectivity index (χ2n) is 9.67. The minimum absolute atomic E-state index is 0.482. The van der Waals surface area contributed by atoms with Crippen LogP contribution in [-0.4, -0.2) is 19.4 Å². The number of unbranched alkanes of at least 4 members (excludes halogenated alkanes) is 14. The standard InChI is InChI=1S/C33H58O3/c1-3-5-7-9-11-13-15-17-18-19-20-22-24-26-28-30-32-36-33(34)35-31-29-27-25-23-21-16-14-12-10-8-6-4-2/h5,7,10-13,17-18H,3-4,6,8-9,14-16,19-32H2,1-2H3. The van der Waals surface area contributed by atoms with Crippen molar-refractivity contribution in [2.45, 2.75) is 142 Å². The van der Waals surface area contributed by atoms with Gasteiger partial charge in [-0.2, -0.15) is 0 Å². The second-order valence-corrected chi connectivity index (χ2v) is 9.67. The summed E-state index contributed by atoms with van der Waals surface area (Å²) >= 11 is 0. The summed E-state index contributed by atoms with van der Waals surface area (Å²) in [6.45, 7) is 5.37. The van der Waals surface area contributed by atoms with E-state index in [-0.39, 0.29) is 0 Å². The maximum absolute atomic E-state index is 11.6. The lowest BCUT2D eigenvalue weighted by atomic mass is 10.1. The molecule has 0 aliphatic rings. The van der Waals surface area contributed by atoms with E-state index >= 15 is 0 Å². The molecule has 0 saturated carbocycles. The van der Waals surface area contributed by atoms with E-state index in [4.69, 9.17) is 9.47 Å². The fourth-order valence-corrected chi connectivity index (χ4v) is 3.88. The third-order valence-corrected chi connectivity index (χ3v) is 6.14. The molecule has 3 heteroatoms. The highest BCUT2D eigenvalue weighted by Gasteiger charge is 2.03. The number of ether oxygens (including phenoxy) is 2. The Labute approximate surface area is 224 Å². The Kier molecular flexibility index (Phi) is 29.7. The van der Waals surface area contributed by atoms with Crippen LogP contribution in [0.2, 0.25) is 0 Å². The van der Waals surface area contributed by atoms with Crippen LogP contribution in [0.1, 0.15) is 142 Å². The average molecular weight is 503 g/mol. The van der Waals surface area contributed by atoms with E-state index in [0.717, 1.165) is 44.9 Å². The fraction of sp³-hybridized carbons (Fsp3) is 0.727. The summed E-state index contributed by atoms with van der Waals surface area (Å²) in [5, 5.41) is 0. The Hall–Kier alpha value is -1.77. The van der Waals surface area contributed by atoms with Crippen LogP contribution >= 0.6 is 0 Å². The summed E-state index contributed by atoms with van der Waals surface area (Å²) in [5.41, 5.74) is 0. The molecule has 0 fully saturated rings. The molecular formula is C33H58O3. The van der Waals surface area contributed by atoms with Crippen molar-refractivity contribution in [3.05, 3.63) is 48.6 Å². The van der Waals surface area contributed by atoms with Crippen molar-refractivity contribution in [1.29, 1.82) is 0 Å². The topological polar surface area (TPSA) is 35.5 Å². The number of allylic oxidation sites excluding steroid dienone is 8. The van der Waals surface area contributed by atoms with Gasteiger partial charge in [-0.05, 0) is 64.2 Å². The third-order valence-electron chi connectivity index (χ3n) is 6.14. The van der Waals surface area contributed by atoms with E-state index in [1.165, 1.54) is 83.5 Å². The molecule has 0 atom stereocenters. The van der Waals surface area contributed by atoms with Crippen LogP contribution in [-0.2, 0) is 9.47 Å². The van der Waals surface area contributed by atoms with Gasteiger partial charge in [0.05, 0.1) is 13.2 Å². The first-order valence-corrected chi connectivity index (χ1v) is 15.2. The molecule has 0 aliphatic heterocycles. The van der Waals surface area contributed by atoms with Gasteiger partial charge in [0.2, 0.25) is 0 Å². The molecule has 0 aromatic heterocycles. The zero-order valence-electron chi connectivity index (χ0n) is 23.9. The van der Waals surface area contributed by atoms with E-state index in [1.54, 1.807) is 0 Å². The Morgan fingerprint density at radius 3 is 1.36 bits per heavy atom. The van der Waals surface area contributed by atoms with Gasteiger partial charge in [-0.3, -0.25) is 0 Å². The van der Waals surface area contributed by atoms with Crippen molar-refractivity contribution in [3.63, 3.8) is 0 Å². The molecule has 0 bridgehead atoms. The number of carbonyl (C=O) groups is 1. The van der Waals surface area contributed by atoms with Crippen LogP contribution in [0.15, 0.2) is 48.6 Å². The van der Waals surface area contributed by atoms with E-state index in [2.05, 4.69) is 62.5 Å².